The monoisotopic (exact) mass is 359 g/mol. The van der Waals surface area contributed by atoms with Crippen molar-refractivity contribution in [3.63, 3.8) is 0 Å². The highest BCUT2D eigenvalue weighted by atomic mass is 16.5. The molecule has 26 heavy (non-hydrogen) atoms. The van der Waals surface area contributed by atoms with Crippen molar-refractivity contribution in [2.75, 3.05) is 39.8 Å². The van der Waals surface area contributed by atoms with Gasteiger partial charge < -0.3 is 15.0 Å². The Hall–Kier alpha value is -2.34. The van der Waals surface area contributed by atoms with E-state index in [1.807, 2.05) is 36.1 Å². The summed E-state index contributed by atoms with van der Waals surface area (Å²) in [7, 11) is 1.64. The molecular formula is C20H29N3O3. The van der Waals surface area contributed by atoms with Gasteiger partial charge in [-0.25, -0.2) is 0 Å². The van der Waals surface area contributed by atoms with E-state index in [-0.39, 0.29) is 17.9 Å². The van der Waals surface area contributed by atoms with Gasteiger partial charge in [0.25, 0.3) is 0 Å². The van der Waals surface area contributed by atoms with Gasteiger partial charge in [-0.1, -0.05) is 18.2 Å². The van der Waals surface area contributed by atoms with Crippen LogP contribution < -0.4 is 10.1 Å². The maximum atomic E-state index is 12.4. The first kappa shape index (κ1) is 20.0. The second kappa shape index (κ2) is 9.97. The van der Waals surface area contributed by atoms with Crippen LogP contribution >= 0.6 is 0 Å². The number of carbonyl (C=O) groups is 2. The zero-order chi connectivity index (χ0) is 18.9. The zero-order valence-electron chi connectivity index (χ0n) is 15.7. The molecule has 1 N–H and O–H groups in total. The van der Waals surface area contributed by atoms with E-state index in [4.69, 9.17) is 4.74 Å². The molecule has 1 atom stereocenters. The van der Waals surface area contributed by atoms with Gasteiger partial charge in [-0.05, 0) is 31.0 Å². The number of hydrogen-bond donors (Lipinski definition) is 1. The molecule has 1 heterocycles. The van der Waals surface area contributed by atoms with Crippen molar-refractivity contribution in [1.82, 2.24) is 15.1 Å². The van der Waals surface area contributed by atoms with Gasteiger partial charge in [0.15, 0.2) is 0 Å². The number of amides is 2. The minimum Gasteiger partial charge on any atom is -0.497 e. The predicted octanol–water partition coefficient (Wildman–Crippen LogP) is 1.46. The van der Waals surface area contributed by atoms with Crippen molar-refractivity contribution >= 4 is 11.8 Å². The number of carbonyl (C=O) groups excluding carboxylic acids is 2. The van der Waals surface area contributed by atoms with Crippen molar-refractivity contribution in [2.24, 2.45) is 0 Å². The minimum atomic E-state index is -0.188. The van der Waals surface area contributed by atoms with Crippen molar-refractivity contribution in [3.8, 4) is 5.75 Å². The van der Waals surface area contributed by atoms with E-state index >= 15 is 0 Å². The van der Waals surface area contributed by atoms with E-state index in [0.29, 0.717) is 26.1 Å². The summed E-state index contributed by atoms with van der Waals surface area (Å²) in [4.78, 5) is 28.5. The first-order valence-corrected chi connectivity index (χ1v) is 9.08. The zero-order valence-corrected chi connectivity index (χ0v) is 15.7. The Morgan fingerprint density at radius 1 is 1.23 bits per heavy atom. The van der Waals surface area contributed by atoms with Crippen LogP contribution in [0.25, 0.3) is 0 Å². The van der Waals surface area contributed by atoms with Crippen molar-refractivity contribution in [3.05, 3.63) is 42.5 Å². The average molecular weight is 359 g/mol. The summed E-state index contributed by atoms with van der Waals surface area (Å²) in [6.07, 6.45) is 2.90. The molecule has 2 rings (SSSR count). The van der Waals surface area contributed by atoms with Gasteiger partial charge in [0.2, 0.25) is 11.8 Å². The number of ether oxygens (including phenoxy) is 1. The molecule has 142 valence electrons. The van der Waals surface area contributed by atoms with E-state index < -0.39 is 0 Å². The lowest BCUT2D eigenvalue weighted by Gasteiger charge is -2.37. The highest BCUT2D eigenvalue weighted by molar-refractivity contribution is 5.81. The number of aryl methyl sites for hydroxylation is 1. The summed E-state index contributed by atoms with van der Waals surface area (Å²) in [6, 6.07) is 7.63. The molecule has 0 radical (unpaired) electrons. The lowest BCUT2D eigenvalue weighted by Crippen LogP contribution is -2.55. The summed E-state index contributed by atoms with van der Waals surface area (Å²) in [5, 5.41) is 2.82. The third-order valence-electron chi connectivity index (χ3n) is 4.80. The fourth-order valence-electron chi connectivity index (χ4n) is 3.05. The molecule has 0 bridgehead atoms. The maximum Gasteiger partial charge on any atom is 0.237 e. The fourth-order valence-corrected chi connectivity index (χ4v) is 3.05. The van der Waals surface area contributed by atoms with E-state index in [2.05, 4.69) is 16.8 Å². The van der Waals surface area contributed by atoms with Crippen molar-refractivity contribution in [2.45, 2.75) is 25.8 Å². The predicted molar refractivity (Wildman–Crippen MR) is 102 cm³/mol. The smallest absolute Gasteiger partial charge is 0.237 e. The Morgan fingerprint density at radius 3 is 2.46 bits per heavy atom. The number of benzene rings is 1. The van der Waals surface area contributed by atoms with Crippen LogP contribution in [0.3, 0.4) is 0 Å². The molecule has 1 aliphatic heterocycles. The van der Waals surface area contributed by atoms with Crippen LogP contribution in [0.1, 0.15) is 18.9 Å². The molecule has 0 aliphatic carbocycles. The van der Waals surface area contributed by atoms with Crippen molar-refractivity contribution in [1.29, 1.82) is 0 Å². The second-order valence-electron chi connectivity index (χ2n) is 6.47. The number of rotatable bonds is 8. The number of nitrogens with one attached hydrogen (secondary N) is 1. The Kier molecular flexibility index (Phi) is 7.66. The third kappa shape index (κ3) is 5.59. The molecule has 1 saturated heterocycles. The number of hydrogen-bond acceptors (Lipinski definition) is 4. The molecule has 6 heteroatoms. The molecule has 1 aromatic rings. The highest BCUT2D eigenvalue weighted by Crippen LogP contribution is 2.14. The molecule has 6 nitrogen and oxygen atoms in total. The Labute approximate surface area is 155 Å². The van der Waals surface area contributed by atoms with E-state index in [1.165, 1.54) is 0 Å². The molecule has 0 spiro atoms. The number of piperazine rings is 1. The van der Waals surface area contributed by atoms with Crippen LogP contribution in [0, 0.1) is 0 Å². The SMILES string of the molecule is C=CCNC(=O)[C@@H](C)N1CCN(C(=O)CCc2ccc(OC)cc2)CC1. The average Bonchev–Trinajstić information content (AvgIpc) is 2.70. The second-order valence-corrected chi connectivity index (χ2v) is 6.47. The molecule has 0 aromatic heterocycles. The topological polar surface area (TPSA) is 61.9 Å². The summed E-state index contributed by atoms with van der Waals surface area (Å²) in [6.45, 7) is 8.76. The Balaban J connectivity index is 1.75. The summed E-state index contributed by atoms with van der Waals surface area (Å²) in [5.74, 6) is 0.996. The first-order chi connectivity index (χ1) is 12.5. The van der Waals surface area contributed by atoms with Gasteiger partial charge in [0.05, 0.1) is 13.2 Å². The molecule has 1 aromatic carbocycles. The molecule has 1 fully saturated rings. The largest absolute Gasteiger partial charge is 0.497 e. The van der Waals surface area contributed by atoms with Gasteiger partial charge in [0.1, 0.15) is 5.75 Å². The Morgan fingerprint density at radius 2 is 1.88 bits per heavy atom. The number of nitrogens with zero attached hydrogens (tertiary/aromatic N) is 2. The molecule has 0 saturated carbocycles. The van der Waals surface area contributed by atoms with Gasteiger partial charge in [-0.3, -0.25) is 14.5 Å². The standard InChI is InChI=1S/C20H29N3O3/c1-4-11-21-20(25)16(2)22-12-14-23(15-13-22)19(24)10-7-17-5-8-18(26-3)9-6-17/h4-6,8-9,16H,1,7,10-15H2,2-3H3,(H,21,25)/t16-/m1/s1. The van der Waals surface area contributed by atoms with Gasteiger partial charge >= 0.3 is 0 Å². The summed E-state index contributed by atoms with van der Waals surface area (Å²) in [5.41, 5.74) is 1.13. The lowest BCUT2D eigenvalue weighted by molar-refractivity contribution is -0.134. The summed E-state index contributed by atoms with van der Waals surface area (Å²) < 4.78 is 5.14. The fraction of sp³-hybridized carbons (Fsp3) is 0.500. The minimum absolute atomic E-state index is 0.00387. The third-order valence-corrected chi connectivity index (χ3v) is 4.80. The van der Waals surface area contributed by atoms with E-state index in [0.717, 1.165) is 30.8 Å². The van der Waals surface area contributed by atoms with Crippen LogP contribution in [-0.2, 0) is 16.0 Å². The van der Waals surface area contributed by atoms with Crippen LogP contribution in [0.15, 0.2) is 36.9 Å². The van der Waals surface area contributed by atoms with Crippen LogP contribution in [0.5, 0.6) is 5.75 Å². The lowest BCUT2D eigenvalue weighted by atomic mass is 10.1. The first-order valence-electron chi connectivity index (χ1n) is 9.08. The van der Waals surface area contributed by atoms with E-state index in [1.54, 1.807) is 13.2 Å². The van der Waals surface area contributed by atoms with E-state index in [9.17, 15) is 9.59 Å². The van der Waals surface area contributed by atoms with Crippen molar-refractivity contribution < 1.29 is 14.3 Å². The molecule has 2 amide bonds. The highest BCUT2D eigenvalue weighted by Gasteiger charge is 2.26. The van der Waals surface area contributed by atoms with Crippen LogP contribution in [-0.4, -0.2) is 67.5 Å². The quantitative estimate of drug-likeness (QED) is 0.714. The van der Waals surface area contributed by atoms with Gasteiger partial charge in [-0.2, -0.15) is 0 Å². The molecule has 1 aliphatic rings. The van der Waals surface area contributed by atoms with Gasteiger partial charge in [0, 0.05) is 39.1 Å². The molecular weight excluding hydrogens is 330 g/mol. The Bertz CT molecular complexity index is 607. The normalized spacial score (nSPS) is 16.0. The maximum absolute atomic E-state index is 12.4. The molecule has 0 unspecified atom stereocenters. The van der Waals surface area contributed by atoms with Gasteiger partial charge in [-0.15, -0.1) is 6.58 Å². The van der Waals surface area contributed by atoms with Crippen LogP contribution in [0.4, 0.5) is 0 Å². The summed E-state index contributed by atoms with van der Waals surface area (Å²) >= 11 is 0. The number of methoxy groups -OCH3 is 1. The van der Waals surface area contributed by atoms with Crippen LogP contribution in [0.2, 0.25) is 0 Å².